The van der Waals surface area contributed by atoms with E-state index in [1.807, 2.05) is 0 Å². The van der Waals surface area contributed by atoms with Crippen molar-refractivity contribution in [2.45, 2.75) is 45.4 Å². The van der Waals surface area contributed by atoms with Crippen LogP contribution in [0.5, 0.6) is 0 Å². The first-order valence-electron chi connectivity index (χ1n) is 8.55. The maximum atomic E-state index is 12.4. The molecular formula is C19H27ClN2O. The summed E-state index contributed by atoms with van der Waals surface area (Å²) in [5, 5.41) is 3.18. The van der Waals surface area contributed by atoms with E-state index in [-0.39, 0.29) is 18.3 Å². The van der Waals surface area contributed by atoms with Gasteiger partial charge in [-0.25, -0.2) is 0 Å². The van der Waals surface area contributed by atoms with Gasteiger partial charge < -0.3 is 5.32 Å². The zero-order valence-corrected chi connectivity index (χ0v) is 14.8. The van der Waals surface area contributed by atoms with Gasteiger partial charge in [-0.1, -0.05) is 30.7 Å². The first-order valence-corrected chi connectivity index (χ1v) is 8.55. The van der Waals surface area contributed by atoms with Crippen LogP contribution in [0.15, 0.2) is 24.3 Å². The Balaban J connectivity index is 0.00000192. The molecule has 0 radical (unpaired) electrons. The molecule has 1 amide bonds. The molecule has 1 saturated heterocycles. The number of carbonyl (C=O) groups is 1. The van der Waals surface area contributed by atoms with Gasteiger partial charge in [-0.2, -0.15) is 0 Å². The summed E-state index contributed by atoms with van der Waals surface area (Å²) in [5.74, 6) is 0.121. The number of halogens is 1. The van der Waals surface area contributed by atoms with Gasteiger partial charge in [-0.05, 0) is 63.3 Å². The van der Waals surface area contributed by atoms with Gasteiger partial charge in [0.2, 0.25) is 5.91 Å². The lowest BCUT2D eigenvalue weighted by molar-refractivity contribution is -0.117. The van der Waals surface area contributed by atoms with Crippen LogP contribution in [0, 0.1) is 6.92 Å². The van der Waals surface area contributed by atoms with E-state index in [0.717, 1.165) is 37.2 Å². The van der Waals surface area contributed by atoms with Gasteiger partial charge in [0.25, 0.3) is 0 Å². The van der Waals surface area contributed by atoms with Gasteiger partial charge in [0.05, 0.1) is 12.2 Å². The Morgan fingerprint density at radius 1 is 1.17 bits per heavy atom. The van der Waals surface area contributed by atoms with E-state index in [4.69, 9.17) is 0 Å². The number of hydrogen-bond donors (Lipinski definition) is 1. The van der Waals surface area contributed by atoms with Crippen molar-refractivity contribution in [3.05, 3.63) is 35.4 Å². The van der Waals surface area contributed by atoms with Gasteiger partial charge in [0.15, 0.2) is 0 Å². The third kappa shape index (κ3) is 4.58. The highest BCUT2D eigenvalue weighted by Gasteiger charge is 2.17. The number of nitrogens with one attached hydrogen (secondary N) is 1. The molecule has 0 saturated carbocycles. The zero-order chi connectivity index (χ0) is 15.4. The smallest absolute Gasteiger partial charge is 0.238 e. The number of likely N-dealkylation sites (tertiary alicyclic amines) is 1. The van der Waals surface area contributed by atoms with E-state index >= 15 is 0 Å². The summed E-state index contributed by atoms with van der Waals surface area (Å²) in [6, 6.07) is 6.31. The average Bonchev–Trinajstić information content (AvgIpc) is 3.04. The third-order valence-electron chi connectivity index (χ3n) is 4.74. The number of allylic oxidation sites excluding steroid dienone is 2. The number of aryl methyl sites for hydroxylation is 1. The first kappa shape index (κ1) is 18.0. The minimum Gasteiger partial charge on any atom is -0.324 e. The van der Waals surface area contributed by atoms with Crippen molar-refractivity contribution in [2.75, 3.05) is 25.0 Å². The Bertz CT molecular complexity index is 577. The Morgan fingerprint density at radius 2 is 1.96 bits per heavy atom. The number of para-hydroxylation sites is 1. The largest absolute Gasteiger partial charge is 0.324 e. The second-order valence-electron chi connectivity index (χ2n) is 6.50. The van der Waals surface area contributed by atoms with Crippen LogP contribution in [-0.2, 0) is 4.79 Å². The van der Waals surface area contributed by atoms with Crippen LogP contribution in [0.3, 0.4) is 0 Å². The summed E-state index contributed by atoms with van der Waals surface area (Å²) in [5.41, 5.74) is 4.76. The van der Waals surface area contributed by atoms with E-state index < -0.39 is 0 Å². The molecule has 0 bridgehead atoms. The lowest BCUT2D eigenvalue weighted by atomic mass is 10.00. The SMILES string of the molecule is Cc1cccc(C2=CCCC2)c1NC(=O)CN1CCCCC1.Cl. The van der Waals surface area contributed by atoms with Crippen molar-refractivity contribution in [1.82, 2.24) is 4.90 Å². The predicted molar refractivity (Wildman–Crippen MR) is 99.2 cm³/mol. The highest BCUT2D eigenvalue weighted by molar-refractivity contribution is 5.96. The summed E-state index contributed by atoms with van der Waals surface area (Å²) < 4.78 is 0. The lowest BCUT2D eigenvalue weighted by Crippen LogP contribution is -2.37. The molecular weight excluding hydrogens is 308 g/mol. The van der Waals surface area contributed by atoms with Crippen LogP contribution < -0.4 is 5.32 Å². The molecule has 0 aromatic heterocycles. The molecule has 3 nitrogen and oxygen atoms in total. The number of benzene rings is 1. The number of amides is 1. The van der Waals surface area contributed by atoms with E-state index in [1.165, 1.54) is 36.8 Å². The van der Waals surface area contributed by atoms with Gasteiger partial charge in [0.1, 0.15) is 0 Å². The molecule has 1 aromatic carbocycles. The highest BCUT2D eigenvalue weighted by atomic mass is 35.5. The zero-order valence-electron chi connectivity index (χ0n) is 13.9. The molecule has 0 unspecified atom stereocenters. The molecule has 1 N–H and O–H groups in total. The molecule has 1 aromatic rings. The number of piperidine rings is 1. The molecule has 3 rings (SSSR count). The summed E-state index contributed by atoms with van der Waals surface area (Å²) in [6.07, 6.45) is 9.56. The van der Waals surface area contributed by atoms with E-state index in [9.17, 15) is 4.79 Å². The molecule has 0 spiro atoms. The first-order chi connectivity index (χ1) is 10.7. The van der Waals surface area contributed by atoms with Crippen molar-refractivity contribution in [3.63, 3.8) is 0 Å². The monoisotopic (exact) mass is 334 g/mol. The fourth-order valence-corrected chi connectivity index (χ4v) is 3.52. The maximum Gasteiger partial charge on any atom is 0.238 e. The minimum atomic E-state index is 0. The standard InChI is InChI=1S/C19H26N2O.ClH/c1-15-8-7-11-17(16-9-3-4-10-16)19(15)20-18(22)14-21-12-5-2-6-13-21;/h7-9,11H,2-6,10,12-14H2,1H3,(H,20,22);1H. The Hall–Kier alpha value is -1.32. The number of nitrogens with zero attached hydrogens (tertiary/aromatic N) is 1. The summed E-state index contributed by atoms with van der Waals surface area (Å²) in [7, 11) is 0. The number of hydrogen-bond acceptors (Lipinski definition) is 2. The van der Waals surface area contributed by atoms with Crippen LogP contribution in [-0.4, -0.2) is 30.4 Å². The summed E-state index contributed by atoms with van der Waals surface area (Å²) in [4.78, 5) is 14.7. The fourth-order valence-electron chi connectivity index (χ4n) is 3.52. The molecule has 1 aliphatic carbocycles. The second-order valence-corrected chi connectivity index (χ2v) is 6.50. The van der Waals surface area contributed by atoms with Gasteiger partial charge in [-0.15, -0.1) is 12.4 Å². The average molecular weight is 335 g/mol. The number of carbonyl (C=O) groups excluding carboxylic acids is 1. The molecule has 0 atom stereocenters. The van der Waals surface area contributed by atoms with Crippen LogP contribution in [0.25, 0.3) is 5.57 Å². The second kappa shape index (κ2) is 8.51. The predicted octanol–water partition coefficient (Wildman–Crippen LogP) is 4.41. The van der Waals surface area contributed by atoms with Crippen molar-refractivity contribution in [2.24, 2.45) is 0 Å². The summed E-state index contributed by atoms with van der Waals surface area (Å²) >= 11 is 0. The van der Waals surface area contributed by atoms with E-state index in [2.05, 4.69) is 41.4 Å². The topological polar surface area (TPSA) is 32.3 Å². The van der Waals surface area contributed by atoms with Crippen LogP contribution >= 0.6 is 12.4 Å². The Labute approximate surface area is 145 Å². The van der Waals surface area contributed by atoms with Crippen LogP contribution in [0.4, 0.5) is 5.69 Å². The van der Waals surface area contributed by atoms with Crippen molar-refractivity contribution < 1.29 is 4.79 Å². The van der Waals surface area contributed by atoms with Crippen molar-refractivity contribution in [3.8, 4) is 0 Å². The lowest BCUT2D eigenvalue weighted by Gasteiger charge is -2.26. The fraction of sp³-hybridized carbons (Fsp3) is 0.526. The normalized spacial score (nSPS) is 18.2. The van der Waals surface area contributed by atoms with Crippen molar-refractivity contribution in [1.29, 1.82) is 0 Å². The molecule has 126 valence electrons. The molecule has 4 heteroatoms. The summed E-state index contributed by atoms with van der Waals surface area (Å²) in [6.45, 7) is 4.71. The van der Waals surface area contributed by atoms with Gasteiger partial charge >= 0.3 is 0 Å². The molecule has 1 heterocycles. The number of rotatable bonds is 4. The molecule has 23 heavy (non-hydrogen) atoms. The molecule has 1 fully saturated rings. The van der Waals surface area contributed by atoms with Crippen molar-refractivity contribution >= 4 is 29.6 Å². The third-order valence-corrected chi connectivity index (χ3v) is 4.74. The van der Waals surface area contributed by atoms with E-state index in [0.29, 0.717) is 6.54 Å². The Morgan fingerprint density at radius 3 is 2.65 bits per heavy atom. The van der Waals surface area contributed by atoms with E-state index in [1.54, 1.807) is 0 Å². The van der Waals surface area contributed by atoms with Gasteiger partial charge in [0, 0.05) is 5.56 Å². The maximum absolute atomic E-state index is 12.4. The van der Waals surface area contributed by atoms with Crippen LogP contribution in [0.2, 0.25) is 0 Å². The Kier molecular flexibility index (Phi) is 6.67. The quantitative estimate of drug-likeness (QED) is 0.884. The highest BCUT2D eigenvalue weighted by Crippen LogP contribution is 2.34. The van der Waals surface area contributed by atoms with Crippen LogP contribution in [0.1, 0.15) is 49.7 Å². The minimum absolute atomic E-state index is 0. The molecule has 1 aliphatic heterocycles. The van der Waals surface area contributed by atoms with Gasteiger partial charge in [-0.3, -0.25) is 9.69 Å². The molecule has 2 aliphatic rings. The number of anilines is 1.